The number of carboxylic acid groups (broad SMARTS) is 1. The summed E-state index contributed by atoms with van der Waals surface area (Å²) in [6.07, 6.45) is -0.228. The summed E-state index contributed by atoms with van der Waals surface area (Å²) in [6.45, 7) is -0.117. The van der Waals surface area contributed by atoms with Crippen molar-refractivity contribution in [1.29, 1.82) is 0 Å². The van der Waals surface area contributed by atoms with Gasteiger partial charge < -0.3 is 5.11 Å². The van der Waals surface area contributed by atoms with Crippen LogP contribution in [0.2, 0.25) is 0 Å². The first-order valence-electron chi connectivity index (χ1n) is 5.72. The molecule has 1 saturated heterocycles. The Morgan fingerprint density at radius 2 is 1.90 bits per heavy atom. The van der Waals surface area contributed by atoms with Gasteiger partial charge in [0, 0.05) is 18.0 Å². The molecule has 0 aromatic carbocycles. The lowest BCUT2D eigenvalue weighted by Crippen LogP contribution is -2.43. The molecule has 0 atom stereocenters. The van der Waals surface area contributed by atoms with E-state index < -0.39 is 25.8 Å². The maximum atomic E-state index is 12.3. The van der Waals surface area contributed by atoms with Crippen molar-refractivity contribution < 1.29 is 26.7 Å². The first kappa shape index (κ1) is 15.4. The Balaban J connectivity index is 2.18. The van der Waals surface area contributed by atoms with Crippen LogP contribution in [0.3, 0.4) is 0 Å². The number of thiophene rings is 1. The third-order valence-electron chi connectivity index (χ3n) is 2.86. The fourth-order valence-corrected chi connectivity index (χ4v) is 6.18. The Morgan fingerprint density at radius 3 is 2.45 bits per heavy atom. The molecule has 1 aromatic rings. The molecule has 1 aromatic heterocycles. The van der Waals surface area contributed by atoms with Gasteiger partial charge in [-0.1, -0.05) is 0 Å². The number of carboxylic acids is 1. The minimum absolute atomic E-state index is 0.0491. The molecular formula is C10H13NO6S3. The molecule has 1 aliphatic heterocycles. The average Bonchev–Trinajstić information content (AvgIpc) is 2.76. The topological polar surface area (TPSA) is 109 Å². The summed E-state index contributed by atoms with van der Waals surface area (Å²) in [5.74, 6) is -1.39. The van der Waals surface area contributed by atoms with Crippen molar-refractivity contribution >= 4 is 37.2 Å². The van der Waals surface area contributed by atoms with Crippen LogP contribution >= 0.6 is 11.3 Å². The molecule has 0 spiro atoms. The van der Waals surface area contributed by atoms with Crippen molar-refractivity contribution in [3.63, 3.8) is 0 Å². The summed E-state index contributed by atoms with van der Waals surface area (Å²) in [7, 11) is -6.88. The zero-order valence-electron chi connectivity index (χ0n) is 10.4. The summed E-state index contributed by atoms with van der Waals surface area (Å²) >= 11 is 0.902. The minimum atomic E-state index is -3.73. The van der Waals surface area contributed by atoms with Crippen molar-refractivity contribution in [3.05, 3.63) is 17.0 Å². The van der Waals surface area contributed by atoms with Crippen LogP contribution in [-0.2, 0) is 31.1 Å². The Bertz CT molecular complexity index is 704. The first-order valence-corrected chi connectivity index (χ1v) is 9.79. The van der Waals surface area contributed by atoms with Gasteiger partial charge in [0.2, 0.25) is 0 Å². The van der Waals surface area contributed by atoms with Gasteiger partial charge in [-0.05, 0) is 12.1 Å². The number of rotatable bonds is 4. The summed E-state index contributed by atoms with van der Waals surface area (Å²) in [5.41, 5.74) is 0. The highest BCUT2D eigenvalue weighted by Crippen LogP contribution is 2.26. The Labute approximate surface area is 120 Å². The number of aliphatic carboxylic acids is 1. The van der Waals surface area contributed by atoms with E-state index in [0.29, 0.717) is 4.88 Å². The minimum Gasteiger partial charge on any atom is -0.481 e. The summed E-state index contributed by atoms with van der Waals surface area (Å²) in [4.78, 5) is 11.0. The van der Waals surface area contributed by atoms with Gasteiger partial charge in [-0.25, -0.2) is 16.8 Å². The van der Waals surface area contributed by atoms with Gasteiger partial charge in [0.1, 0.15) is 4.21 Å². The number of sulfone groups is 1. The second-order valence-corrected chi connectivity index (χ2v) is 9.98. The van der Waals surface area contributed by atoms with Gasteiger partial charge in [0.25, 0.3) is 10.0 Å². The zero-order valence-corrected chi connectivity index (χ0v) is 12.8. The molecule has 0 unspecified atom stereocenters. The number of nitrogens with zero attached hydrogens (tertiary/aromatic N) is 1. The zero-order chi connectivity index (χ0) is 15.0. The molecule has 112 valence electrons. The molecule has 1 N–H and O–H groups in total. The first-order chi connectivity index (χ1) is 9.21. The largest absolute Gasteiger partial charge is 0.481 e. The third kappa shape index (κ3) is 3.37. The van der Waals surface area contributed by atoms with Crippen LogP contribution in [0, 0.1) is 0 Å². The molecule has 0 amide bonds. The van der Waals surface area contributed by atoms with E-state index in [4.69, 9.17) is 5.11 Å². The molecule has 1 fully saturated rings. The Morgan fingerprint density at radius 1 is 1.30 bits per heavy atom. The van der Waals surface area contributed by atoms with E-state index in [0.717, 1.165) is 15.6 Å². The molecule has 2 rings (SSSR count). The van der Waals surface area contributed by atoms with Crippen molar-refractivity contribution in [2.45, 2.75) is 10.6 Å². The summed E-state index contributed by atoms with van der Waals surface area (Å²) in [6, 6.07) is 2.83. The van der Waals surface area contributed by atoms with Gasteiger partial charge in [0.05, 0.1) is 17.9 Å². The second-order valence-electron chi connectivity index (χ2n) is 4.35. The smallest absolute Gasteiger partial charge is 0.308 e. The van der Waals surface area contributed by atoms with Crippen LogP contribution in [-0.4, -0.2) is 56.8 Å². The quantitative estimate of drug-likeness (QED) is 0.813. The normalized spacial score (nSPS) is 19.8. The predicted molar refractivity (Wildman–Crippen MR) is 73.1 cm³/mol. The lowest BCUT2D eigenvalue weighted by molar-refractivity contribution is -0.136. The molecule has 7 nitrogen and oxygen atoms in total. The van der Waals surface area contributed by atoms with Crippen LogP contribution in [0.1, 0.15) is 4.88 Å². The lowest BCUT2D eigenvalue weighted by atomic mass is 10.3. The van der Waals surface area contributed by atoms with Gasteiger partial charge in [-0.2, -0.15) is 4.31 Å². The average molecular weight is 339 g/mol. The maximum Gasteiger partial charge on any atom is 0.308 e. The van der Waals surface area contributed by atoms with E-state index in [1.54, 1.807) is 0 Å². The summed E-state index contributed by atoms with van der Waals surface area (Å²) < 4.78 is 48.4. The van der Waals surface area contributed by atoms with Crippen molar-refractivity contribution in [2.24, 2.45) is 0 Å². The van der Waals surface area contributed by atoms with E-state index in [-0.39, 0.29) is 35.2 Å². The molecular weight excluding hydrogens is 326 g/mol. The molecule has 0 aliphatic carbocycles. The molecule has 0 saturated carbocycles. The fourth-order valence-electron chi connectivity index (χ4n) is 1.80. The van der Waals surface area contributed by atoms with Crippen molar-refractivity contribution in [2.75, 3.05) is 24.6 Å². The molecule has 20 heavy (non-hydrogen) atoms. The van der Waals surface area contributed by atoms with E-state index in [2.05, 4.69) is 0 Å². The number of hydrogen-bond acceptors (Lipinski definition) is 6. The highest BCUT2D eigenvalue weighted by Gasteiger charge is 2.32. The maximum absolute atomic E-state index is 12.3. The van der Waals surface area contributed by atoms with Crippen LogP contribution in [0.5, 0.6) is 0 Å². The molecule has 10 heteroatoms. The van der Waals surface area contributed by atoms with Gasteiger partial charge >= 0.3 is 5.97 Å². The molecule has 0 bridgehead atoms. The van der Waals surface area contributed by atoms with Gasteiger partial charge in [-0.3, -0.25) is 4.79 Å². The lowest BCUT2D eigenvalue weighted by Gasteiger charge is -2.25. The van der Waals surface area contributed by atoms with Gasteiger partial charge in [0.15, 0.2) is 9.84 Å². The van der Waals surface area contributed by atoms with Crippen LogP contribution in [0.4, 0.5) is 0 Å². The third-order valence-corrected chi connectivity index (χ3v) is 7.92. The molecule has 2 heterocycles. The van der Waals surface area contributed by atoms with Crippen molar-refractivity contribution in [1.82, 2.24) is 4.31 Å². The van der Waals surface area contributed by atoms with E-state index >= 15 is 0 Å². The fraction of sp³-hybridized carbons (Fsp3) is 0.500. The Kier molecular flexibility index (Phi) is 4.19. The second kappa shape index (κ2) is 5.43. The van der Waals surface area contributed by atoms with E-state index in [1.807, 2.05) is 0 Å². The van der Waals surface area contributed by atoms with Crippen LogP contribution in [0.25, 0.3) is 0 Å². The standard InChI is InChI=1S/C10H13NO6S3/c12-9(13)7-8-1-2-10(18-8)20(16,17)11-3-5-19(14,15)6-4-11/h1-2H,3-7H2,(H,12,13). The van der Waals surface area contributed by atoms with E-state index in [1.165, 1.54) is 12.1 Å². The van der Waals surface area contributed by atoms with Crippen LogP contribution in [0.15, 0.2) is 16.3 Å². The predicted octanol–water partition coefficient (Wildman–Crippen LogP) is -0.206. The van der Waals surface area contributed by atoms with Crippen LogP contribution < -0.4 is 0 Å². The monoisotopic (exact) mass is 339 g/mol. The number of hydrogen-bond donors (Lipinski definition) is 1. The number of sulfonamides is 1. The van der Waals surface area contributed by atoms with E-state index in [9.17, 15) is 21.6 Å². The highest BCUT2D eigenvalue weighted by molar-refractivity contribution is 7.92. The van der Waals surface area contributed by atoms with Gasteiger partial charge in [-0.15, -0.1) is 11.3 Å². The SMILES string of the molecule is O=C(O)Cc1ccc(S(=O)(=O)N2CCS(=O)(=O)CC2)s1. The molecule has 1 aliphatic rings. The van der Waals surface area contributed by atoms with Crippen molar-refractivity contribution in [3.8, 4) is 0 Å². The number of carbonyl (C=O) groups is 1. The Hall–Kier alpha value is -0.970. The molecule has 0 radical (unpaired) electrons. The summed E-state index contributed by atoms with van der Waals surface area (Å²) in [5, 5.41) is 8.67. The highest BCUT2D eigenvalue weighted by atomic mass is 32.2.